The van der Waals surface area contributed by atoms with Gasteiger partial charge in [-0.15, -0.1) is 0 Å². The molecule has 21 heavy (non-hydrogen) atoms. The first-order valence-corrected chi connectivity index (χ1v) is 8.41. The molecule has 0 saturated carbocycles. The lowest BCUT2D eigenvalue weighted by Crippen LogP contribution is -2.47. The quantitative estimate of drug-likeness (QED) is 0.615. The van der Waals surface area contributed by atoms with E-state index in [1.165, 1.54) is 12.8 Å². The van der Waals surface area contributed by atoms with Crippen molar-refractivity contribution in [3.8, 4) is 0 Å². The third-order valence-corrected chi connectivity index (χ3v) is 5.13. The van der Waals surface area contributed by atoms with Crippen molar-refractivity contribution in [3.63, 3.8) is 0 Å². The Bertz CT molecular complexity index is 348. The molecule has 5 nitrogen and oxygen atoms in total. The van der Waals surface area contributed by atoms with Crippen LogP contribution in [0.1, 0.15) is 33.6 Å². The van der Waals surface area contributed by atoms with Gasteiger partial charge in [-0.05, 0) is 32.9 Å². The number of hydrogen-bond acceptors (Lipinski definition) is 3. The van der Waals surface area contributed by atoms with E-state index < -0.39 is 0 Å². The molecule has 0 aliphatic carbocycles. The van der Waals surface area contributed by atoms with E-state index in [1.54, 1.807) is 0 Å². The maximum atomic E-state index is 5.61. The fourth-order valence-corrected chi connectivity index (χ4v) is 3.63. The van der Waals surface area contributed by atoms with Gasteiger partial charge in [-0.2, -0.15) is 0 Å². The maximum absolute atomic E-state index is 5.61. The van der Waals surface area contributed by atoms with Crippen LogP contribution in [0.5, 0.6) is 0 Å². The second kappa shape index (κ2) is 7.45. The van der Waals surface area contributed by atoms with Crippen LogP contribution in [0.3, 0.4) is 0 Å². The zero-order valence-corrected chi connectivity index (χ0v) is 14.2. The normalized spacial score (nSPS) is 27.9. The number of ether oxygens (including phenoxy) is 1. The molecular formula is C16H32N4O. The highest BCUT2D eigenvalue weighted by Gasteiger charge is 2.42. The van der Waals surface area contributed by atoms with Crippen LogP contribution in [0, 0.1) is 5.41 Å². The van der Waals surface area contributed by atoms with Crippen molar-refractivity contribution in [1.29, 1.82) is 0 Å². The van der Waals surface area contributed by atoms with Gasteiger partial charge in [0.15, 0.2) is 5.96 Å². The smallest absolute Gasteiger partial charge is 0.193 e. The second-order valence-corrected chi connectivity index (χ2v) is 6.47. The third-order valence-electron chi connectivity index (χ3n) is 5.13. The predicted molar refractivity (Wildman–Crippen MR) is 87.8 cm³/mol. The van der Waals surface area contributed by atoms with Gasteiger partial charge >= 0.3 is 0 Å². The van der Waals surface area contributed by atoms with Crippen molar-refractivity contribution >= 4 is 5.96 Å². The number of aliphatic imine (C=N–C) groups is 1. The molecule has 0 aromatic carbocycles. The zero-order chi connectivity index (χ0) is 15.3. The molecular weight excluding hydrogens is 264 g/mol. The summed E-state index contributed by atoms with van der Waals surface area (Å²) in [6.45, 7) is 13.9. The first kappa shape index (κ1) is 16.6. The van der Waals surface area contributed by atoms with Crippen molar-refractivity contribution < 1.29 is 4.74 Å². The first-order valence-electron chi connectivity index (χ1n) is 8.41. The first-order chi connectivity index (χ1) is 10.1. The van der Waals surface area contributed by atoms with Crippen LogP contribution in [0.4, 0.5) is 0 Å². The minimum absolute atomic E-state index is 0.391. The SMILES string of the molecule is CCN(CC)C(C)CNC(=NC)N1CCC2(CCOC2)C1. The minimum Gasteiger partial charge on any atom is -0.381 e. The van der Waals surface area contributed by atoms with E-state index in [4.69, 9.17) is 4.74 Å². The molecule has 0 radical (unpaired) electrons. The van der Waals surface area contributed by atoms with Crippen molar-refractivity contribution in [2.24, 2.45) is 10.4 Å². The van der Waals surface area contributed by atoms with Crippen LogP contribution in [-0.4, -0.2) is 74.8 Å². The number of guanidine groups is 1. The maximum Gasteiger partial charge on any atom is 0.193 e. The Hall–Kier alpha value is -0.810. The van der Waals surface area contributed by atoms with Gasteiger partial charge in [-0.1, -0.05) is 13.8 Å². The minimum atomic E-state index is 0.391. The molecule has 2 saturated heterocycles. The lowest BCUT2D eigenvalue weighted by Gasteiger charge is -2.29. The van der Waals surface area contributed by atoms with Gasteiger partial charge in [0.2, 0.25) is 0 Å². The summed E-state index contributed by atoms with van der Waals surface area (Å²) in [6.07, 6.45) is 2.44. The van der Waals surface area contributed by atoms with Gasteiger partial charge in [0.05, 0.1) is 6.61 Å². The Kier molecular flexibility index (Phi) is 5.88. The summed E-state index contributed by atoms with van der Waals surface area (Å²) in [5, 5.41) is 3.56. The Morgan fingerprint density at radius 2 is 2.14 bits per heavy atom. The van der Waals surface area contributed by atoms with Crippen LogP contribution in [-0.2, 0) is 4.74 Å². The molecule has 2 fully saturated rings. The van der Waals surface area contributed by atoms with E-state index in [-0.39, 0.29) is 0 Å². The summed E-state index contributed by atoms with van der Waals surface area (Å²) in [4.78, 5) is 9.35. The van der Waals surface area contributed by atoms with Crippen molar-refractivity contribution in [1.82, 2.24) is 15.1 Å². The molecule has 0 aromatic rings. The van der Waals surface area contributed by atoms with Crippen LogP contribution < -0.4 is 5.32 Å². The summed E-state index contributed by atoms with van der Waals surface area (Å²) < 4.78 is 5.61. The van der Waals surface area contributed by atoms with E-state index in [0.717, 1.165) is 51.9 Å². The molecule has 0 amide bonds. The van der Waals surface area contributed by atoms with E-state index in [9.17, 15) is 0 Å². The lowest BCUT2D eigenvalue weighted by molar-refractivity contribution is 0.156. The molecule has 2 atom stereocenters. The van der Waals surface area contributed by atoms with E-state index in [0.29, 0.717) is 11.5 Å². The summed E-state index contributed by atoms with van der Waals surface area (Å²) in [6, 6.07) is 0.531. The van der Waals surface area contributed by atoms with Crippen LogP contribution in [0.15, 0.2) is 4.99 Å². The molecule has 2 rings (SSSR count). The topological polar surface area (TPSA) is 40.1 Å². The van der Waals surface area contributed by atoms with E-state index >= 15 is 0 Å². The molecule has 2 aliphatic rings. The predicted octanol–water partition coefficient (Wildman–Crippen LogP) is 1.40. The highest BCUT2D eigenvalue weighted by molar-refractivity contribution is 5.80. The average Bonchev–Trinajstić information content (AvgIpc) is 3.12. The fourth-order valence-electron chi connectivity index (χ4n) is 3.63. The number of likely N-dealkylation sites (tertiary alicyclic amines) is 1. The zero-order valence-electron chi connectivity index (χ0n) is 14.2. The van der Waals surface area contributed by atoms with Crippen molar-refractivity contribution in [3.05, 3.63) is 0 Å². The van der Waals surface area contributed by atoms with Gasteiger partial charge in [0, 0.05) is 44.7 Å². The molecule has 2 unspecified atom stereocenters. The van der Waals surface area contributed by atoms with Gasteiger partial charge < -0.3 is 15.0 Å². The summed E-state index contributed by atoms with van der Waals surface area (Å²) in [5.74, 6) is 1.05. The van der Waals surface area contributed by atoms with Gasteiger partial charge in [0.1, 0.15) is 0 Å². The number of nitrogens with zero attached hydrogens (tertiary/aromatic N) is 3. The monoisotopic (exact) mass is 296 g/mol. The largest absolute Gasteiger partial charge is 0.381 e. The fraction of sp³-hybridized carbons (Fsp3) is 0.938. The Labute approximate surface area is 129 Å². The standard InChI is InChI=1S/C16H32N4O/c1-5-19(6-2)14(3)11-18-15(17-4)20-9-7-16(12-20)8-10-21-13-16/h14H,5-13H2,1-4H3,(H,17,18). The Morgan fingerprint density at radius 1 is 1.38 bits per heavy atom. The summed E-state index contributed by atoms with van der Waals surface area (Å²) >= 11 is 0. The van der Waals surface area contributed by atoms with Crippen molar-refractivity contribution in [2.75, 3.05) is 53.0 Å². The molecule has 122 valence electrons. The molecule has 0 aromatic heterocycles. The third kappa shape index (κ3) is 3.89. The van der Waals surface area contributed by atoms with Gasteiger partial charge in [0.25, 0.3) is 0 Å². The molecule has 5 heteroatoms. The Balaban J connectivity index is 1.84. The van der Waals surface area contributed by atoms with Gasteiger partial charge in [-0.25, -0.2) is 0 Å². The highest BCUT2D eigenvalue weighted by Crippen LogP contribution is 2.38. The number of hydrogen-bond donors (Lipinski definition) is 1. The molecule has 0 bridgehead atoms. The number of nitrogens with one attached hydrogen (secondary N) is 1. The second-order valence-electron chi connectivity index (χ2n) is 6.47. The Morgan fingerprint density at radius 3 is 2.71 bits per heavy atom. The van der Waals surface area contributed by atoms with Crippen LogP contribution >= 0.6 is 0 Å². The van der Waals surface area contributed by atoms with Crippen LogP contribution in [0.25, 0.3) is 0 Å². The van der Waals surface area contributed by atoms with Crippen LogP contribution in [0.2, 0.25) is 0 Å². The summed E-state index contributed by atoms with van der Waals surface area (Å²) in [7, 11) is 1.89. The van der Waals surface area contributed by atoms with Crippen molar-refractivity contribution in [2.45, 2.75) is 39.7 Å². The van der Waals surface area contributed by atoms with E-state index in [2.05, 4.69) is 40.9 Å². The highest BCUT2D eigenvalue weighted by atomic mass is 16.5. The van der Waals surface area contributed by atoms with E-state index in [1.807, 2.05) is 7.05 Å². The van der Waals surface area contributed by atoms with Gasteiger partial charge in [-0.3, -0.25) is 9.89 Å². The molecule has 2 heterocycles. The molecule has 1 spiro atoms. The number of rotatable bonds is 5. The molecule has 1 N–H and O–H groups in total. The average molecular weight is 296 g/mol. The summed E-state index contributed by atoms with van der Waals surface area (Å²) in [5.41, 5.74) is 0.391. The number of likely N-dealkylation sites (N-methyl/N-ethyl adjacent to an activating group) is 1. The lowest BCUT2D eigenvalue weighted by atomic mass is 9.87. The molecule has 2 aliphatic heterocycles.